The number of rotatable bonds is 3. The van der Waals surface area contributed by atoms with Crippen LogP contribution in [0.1, 0.15) is 26.3 Å². The van der Waals surface area contributed by atoms with Gasteiger partial charge in [-0.25, -0.2) is 9.59 Å². The first-order valence-electron chi connectivity index (χ1n) is 6.01. The Morgan fingerprint density at radius 3 is 2.00 bits per heavy atom. The minimum atomic E-state index is -2.07. The quantitative estimate of drug-likeness (QED) is 0.635. The third kappa shape index (κ3) is 3.27. The van der Waals surface area contributed by atoms with Crippen LogP contribution in [-0.2, 0) is 24.6 Å². The lowest BCUT2D eigenvalue weighted by Crippen LogP contribution is -2.54. The average molecular weight is 281 g/mol. The Morgan fingerprint density at radius 2 is 1.60 bits per heavy atom. The van der Waals surface area contributed by atoms with Crippen LogP contribution >= 0.6 is 0 Å². The second-order valence-electron chi connectivity index (χ2n) is 5.35. The van der Waals surface area contributed by atoms with Gasteiger partial charge < -0.3 is 20.3 Å². The molecule has 0 bridgehead atoms. The third-order valence-corrected chi connectivity index (χ3v) is 2.55. The van der Waals surface area contributed by atoms with Gasteiger partial charge in [0.15, 0.2) is 0 Å². The first kappa shape index (κ1) is 16.0. The van der Waals surface area contributed by atoms with E-state index in [1.165, 1.54) is 24.3 Å². The highest BCUT2D eigenvalue weighted by Gasteiger charge is 2.48. The summed E-state index contributed by atoms with van der Waals surface area (Å²) in [6, 6.07) is 5.39. The van der Waals surface area contributed by atoms with Gasteiger partial charge in [0.2, 0.25) is 5.54 Å². The zero-order valence-electron chi connectivity index (χ0n) is 12.0. The molecule has 1 atom stereocenters. The topological polar surface area (TPSA) is 98.9 Å². The summed E-state index contributed by atoms with van der Waals surface area (Å²) < 4.78 is 9.79. The van der Waals surface area contributed by atoms with E-state index in [-0.39, 0.29) is 11.3 Å². The van der Waals surface area contributed by atoms with Gasteiger partial charge in [0.25, 0.3) is 0 Å². The molecule has 0 heterocycles. The zero-order valence-corrected chi connectivity index (χ0v) is 12.0. The molecule has 0 aromatic heterocycles. The van der Waals surface area contributed by atoms with Crippen LogP contribution in [-0.4, -0.2) is 29.8 Å². The number of nitrogens with two attached hydrogens (primary N) is 1. The van der Waals surface area contributed by atoms with E-state index in [0.29, 0.717) is 0 Å². The highest BCUT2D eigenvalue weighted by atomic mass is 16.6. The predicted molar refractivity (Wildman–Crippen MR) is 71.8 cm³/mol. The van der Waals surface area contributed by atoms with Gasteiger partial charge in [0.1, 0.15) is 11.4 Å². The molecule has 6 heteroatoms. The number of phenols is 1. The van der Waals surface area contributed by atoms with Crippen LogP contribution < -0.4 is 5.73 Å². The second kappa shape index (κ2) is 5.50. The molecule has 0 fully saturated rings. The number of aromatic hydroxyl groups is 1. The normalized spacial score (nSPS) is 14.2. The van der Waals surface area contributed by atoms with E-state index in [4.69, 9.17) is 10.5 Å². The molecule has 20 heavy (non-hydrogen) atoms. The molecule has 0 unspecified atom stereocenters. The summed E-state index contributed by atoms with van der Waals surface area (Å²) in [5.41, 5.74) is 3.25. The third-order valence-electron chi connectivity index (χ3n) is 2.55. The molecule has 0 spiro atoms. The van der Waals surface area contributed by atoms with Gasteiger partial charge in [-0.2, -0.15) is 0 Å². The molecule has 0 aliphatic heterocycles. The van der Waals surface area contributed by atoms with Crippen molar-refractivity contribution in [3.05, 3.63) is 29.8 Å². The van der Waals surface area contributed by atoms with Crippen molar-refractivity contribution < 1.29 is 24.2 Å². The Balaban J connectivity index is 3.26. The van der Waals surface area contributed by atoms with Crippen LogP contribution in [0.2, 0.25) is 0 Å². The number of phenolic OH excluding ortho intramolecular Hbond substituents is 1. The fourth-order valence-electron chi connectivity index (χ4n) is 1.56. The van der Waals surface area contributed by atoms with E-state index < -0.39 is 23.1 Å². The van der Waals surface area contributed by atoms with E-state index in [1.807, 2.05) is 0 Å². The van der Waals surface area contributed by atoms with E-state index >= 15 is 0 Å². The molecule has 0 amide bonds. The Bertz CT molecular complexity index is 503. The van der Waals surface area contributed by atoms with Crippen molar-refractivity contribution in [2.45, 2.75) is 31.9 Å². The summed E-state index contributed by atoms with van der Waals surface area (Å²) >= 11 is 0. The molecule has 1 rings (SSSR count). The molecule has 0 aliphatic carbocycles. The minimum Gasteiger partial charge on any atom is -0.508 e. The van der Waals surface area contributed by atoms with Crippen molar-refractivity contribution in [1.29, 1.82) is 0 Å². The number of hydrogen-bond acceptors (Lipinski definition) is 6. The van der Waals surface area contributed by atoms with Crippen molar-refractivity contribution in [3.63, 3.8) is 0 Å². The largest absolute Gasteiger partial charge is 0.508 e. The van der Waals surface area contributed by atoms with Crippen molar-refractivity contribution >= 4 is 11.9 Å². The van der Waals surface area contributed by atoms with Gasteiger partial charge in [-0.1, -0.05) is 12.1 Å². The van der Waals surface area contributed by atoms with Crippen LogP contribution in [0.4, 0.5) is 0 Å². The van der Waals surface area contributed by atoms with Crippen molar-refractivity contribution in [2.24, 2.45) is 5.73 Å². The summed E-state index contributed by atoms with van der Waals surface area (Å²) in [4.78, 5) is 24.2. The summed E-state index contributed by atoms with van der Waals surface area (Å²) in [6.45, 7) is 5.00. The molecule has 0 aliphatic rings. The number of ether oxygens (including phenoxy) is 2. The van der Waals surface area contributed by atoms with Gasteiger partial charge in [-0.05, 0) is 38.5 Å². The summed E-state index contributed by atoms with van der Waals surface area (Å²) in [6.07, 6.45) is 0. The molecular formula is C14H19NO5. The summed E-state index contributed by atoms with van der Waals surface area (Å²) in [5.74, 6) is -1.86. The Kier molecular flexibility index (Phi) is 4.39. The fourth-order valence-corrected chi connectivity index (χ4v) is 1.56. The lowest BCUT2D eigenvalue weighted by Gasteiger charge is -2.29. The smallest absolute Gasteiger partial charge is 0.343 e. The van der Waals surface area contributed by atoms with Gasteiger partial charge in [0.05, 0.1) is 7.11 Å². The highest BCUT2D eigenvalue weighted by Crippen LogP contribution is 2.26. The number of benzene rings is 1. The van der Waals surface area contributed by atoms with Gasteiger partial charge in [-0.3, -0.25) is 0 Å². The molecule has 6 nitrogen and oxygen atoms in total. The average Bonchev–Trinajstić information content (AvgIpc) is 2.35. The van der Waals surface area contributed by atoms with E-state index in [9.17, 15) is 14.7 Å². The molecule has 1 aromatic rings. The Morgan fingerprint density at radius 1 is 1.10 bits per heavy atom. The van der Waals surface area contributed by atoms with Crippen molar-refractivity contribution in [3.8, 4) is 5.75 Å². The lowest BCUT2D eigenvalue weighted by atomic mass is 9.90. The van der Waals surface area contributed by atoms with Crippen molar-refractivity contribution in [2.75, 3.05) is 7.11 Å². The molecule has 3 N–H and O–H groups in total. The number of carbonyl (C=O) groups excluding carboxylic acids is 2. The SMILES string of the molecule is COC(=O)[C@](N)(C(=O)OC(C)(C)C)c1ccc(O)cc1. The monoisotopic (exact) mass is 281 g/mol. The number of methoxy groups -OCH3 is 1. The maximum atomic E-state index is 12.3. The van der Waals surface area contributed by atoms with Crippen LogP contribution in [0.5, 0.6) is 5.75 Å². The van der Waals surface area contributed by atoms with Gasteiger partial charge in [-0.15, -0.1) is 0 Å². The van der Waals surface area contributed by atoms with E-state index in [1.54, 1.807) is 20.8 Å². The molecule has 1 aromatic carbocycles. The molecule has 0 saturated heterocycles. The van der Waals surface area contributed by atoms with Crippen LogP contribution in [0.25, 0.3) is 0 Å². The zero-order chi connectivity index (χ0) is 15.6. The number of hydrogen-bond donors (Lipinski definition) is 2. The molecular weight excluding hydrogens is 262 g/mol. The van der Waals surface area contributed by atoms with Crippen molar-refractivity contribution in [1.82, 2.24) is 0 Å². The minimum absolute atomic E-state index is 0.00912. The van der Waals surface area contributed by atoms with Crippen LogP contribution in [0.15, 0.2) is 24.3 Å². The second-order valence-corrected chi connectivity index (χ2v) is 5.35. The summed E-state index contributed by atoms with van der Waals surface area (Å²) in [7, 11) is 1.13. The molecule has 0 saturated carbocycles. The van der Waals surface area contributed by atoms with Gasteiger partial charge >= 0.3 is 11.9 Å². The predicted octanol–water partition coefficient (Wildman–Crippen LogP) is 1.06. The van der Waals surface area contributed by atoms with Crippen LogP contribution in [0, 0.1) is 0 Å². The maximum Gasteiger partial charge on any atom is 0.343 e. The maximum absolute atomic E-state index is 12.3. The highest BCUT2D eigenvalue weighted by molar-refractivity contribution is 6.05. The molecule has 110 valence electrons. The van der Waals surface area contributed by atoms with E-state index in [0.717, 1.165) is 7.11 Å². The lowest BCUT2D eigenvalue weighted by molar-refractivity contribution is -0.171. The van der Waals surface area contributed by atoms with Gasteiger partial charge in [0, 0.05) is 0 Å². The fraction of sp³-hybridized carbons (Fsp3) is 0.429. The number of esters is 2. The van der Waals surface area contributed by atoms with Crippen LogP contribution in [0.3, 0.4) is 0 Å². The standard InChI is InChI=1S/C14H19NO5/c1-13(2,3)20-12(18)14(15,11(17)19-4)9-5-7-10(16)8-6-9/h5-8,16H,15H2,1-4H3/t14-/m0/s1. The first-order valence-corrected chi connectivity index (χ1v) is 6.01. The first-order chi connectivity index (χ1) is 9.11. The summed E-state index contributed by atoms with van der Waals surface area (Å²) in [5, 5.41) is 9.27. The Hall–Kier alpha value is -2.08. The number of carbonyl (C=O) groups is 2. The molecule has 0 radical (unpaired) electrons. The Labute approximate surface area is 117 Å². The van der Waals surface area contributed by atoms with E-state index in [2.05, 4.69) is 4.74 Å².